The molecule has 1 heterocycles. The van der Waals surface area contributed by atoms with E-state index in [2.05, 4.69) is 10.3 Å². The predicted molar refractivity (Wildman–Crippen MR) is 79.0 cm³/mol. The van der Waals surface area contributed by atoms with Gasteiger partial charge in [0.1, 0.15) is 11.6 Å². The fourth-order valence-corrected chi connectivity index (χ4v) is 1.90. The molecule has 19 heavy (non-hydrogen) atoms. The molecule has 1 aromatic heterocycles. The summed E-state index contributed by atoms with van der Waals surface area (Å²) in [6.07, 6.45) is 1.75. The Morgan fingerprint density at radius 2 is 2.05 bits per heavy atom. The van der Waals surface area contributed by atoms with Gasteiger partial charge in [-0.3, -0.25) is 0 Å². The van der Waals surface area contributed by atoms with Gasteiger partial charge >= 0.3 is 0 Å². The molecule has 0 fully saturated rings. The molecule has 0 spiro atoms. The number of pyridine rings is 1. The summed E-state index contributed by atoms with van der Waals surface area (Å²) < 4.78 is 0. The first-order valence-corrected chi connectivity index (χ1v) is 6.29. The first-order chi connectivity index (χ1) is 9.08. The van der Waals surface area contributed by atoms with Gasteiger partial charge in [0.05, 0.1) is 11.9 Å². The molecular weight excluding hydrogens is 262 g/mol. The molecule has 4 nitrogen and oxygen atoms in total. The van der Waals surface area contributed by atoms with Gasteiger partial charge in [-0.2, -0.15) is 0 Å². The van der Waals surface area contributed by atoms with Crippen LogP contribution in [-0.2, 0) is 6.54 Å². The number of phenols is 1. The van der Waals surface area contributed by atoms with Crippen LogP contribution in [0.3, 0.4) is 0 Å². The summed E-state index contributed by atoms with van der Waals surface area (Å²) in [4.78, 5) is 6.24. The smallest absolute Gasteiger partial charge is 0.128 e. The van der Waals surface area contributed by atoms with Crippen LogP contribution in [0.25, 0.3) is 0 Å². The maximum Gasteiger partial charge on any atom is 0.128 e. The number of aromatic hydroxyl groups is 1. The molecule has 0 bridgehead atoms. The molecular formula is C14H16ClN3O. The van der Waals surface area contributed by atoms with Crippen LogP contribution in [0, 0.1) is 0 Å². The summed E-state index contributed by atoms with van der Waals surface area (Å²) in [6.45, 7) is 0.453. The Bertz CT molecular complexity index is 535. The largest absolute Gasteiger partial charge is 0.508 e. The minimum Gasteiger partial charge on any atom is -0.508 e. The summed E-state index contributed by atoms with van der Waals surface area (Å²) in [5.74, 6) is 1.09. The van der Waals surface area contributed by atoms with E-state index in [1.165, 1.54) is 0 Å². The van der Waals surface area contributed by atoms with Gasteiger partial charge in [0.25, 0.3) is 0 Å². The average Bonchev–Trinajstić information content (AvgIpc) is 2.38. The lowest BCUT2D eigenvalue weighted by Gasteiger charge is -2.13. The fourth-order valence-electron chi connectivity index (χ4n) is 1.67. The molecule has 2 N–H and O–H groups in total. The van der Waals surface area contributed by atoms with E-state index in [4.69, 9.17) is 11.6 Å². The highest BCUT2D eigenvalue weighted by atomic mass is 35.5. The van der Waals surface area contributed by atoms with Crippen molar-refractivity contribution in [3.8, 4) is 5.75 Å². The first-order valence-electron chi connectivity index (χ1n) is 5.91. The van der Waals surface area contributed by atoms with Gasteiger partial charge in [0, 0.05) is 31.2 Å². The first kappa shape index (κ1) is 13.5. The third kappa shape index (κ3) is 3.29. The van der Waals surface area contributed by atoms with Gasteiger partial charge in [0.2, 0.25) is 0 Å². The number of rotatable bonds is 4. The Balaban J connectivity index is 2.06. The molecule has 2 aromatic rings. The number of hydrogen-bond acceptors (Lipinski definition) is 4. The molecule has 0 saturated heterocycles. The second-order valence-corrected chi connectivity index (χ2v) is 4.80. The Kier molecular flexibility index (Phi) is 4.12. The van der Waals surface area contributed by atoms with Crippen LogP contribution in [0.15, 0.2) is 36.5 Å². The van der Waals surface area contributed by atoms with E-state index in [0.29, 0.717) is 17.1 Å². The zero-order valence-corrected chi connectivity index (χ0v) is 11.6. The lowest BCUT2D eigenvalue weighted by molar-refractivity contribution is 0.469. The molecule has 2 rings (SSSR count). The minimum atomic E-state index is 0.192. The zero-order valence-electron chi connectivity index (χ0n) is 10.9. The molecule has 0 amide bonds. The van der Waals surface area contributed by atoms with Gasteiger partial charge in [-0.1, -0.05) is 17.7 Å². The van der Waals surface area contributed by atoms with Gasteiger partial charge < -0.3 is 15.3 Å². The van der Waals surface area contributed by atoms with Crippen molar-refractivity contribution in [3.63, 3.8) is 0 Å². The lowest BCUT2D eigenvalue weighted by atomic mass is 10.2. The van der Waals surface area contributed by atoms with Crippen molar-refractivity contribution in [1.82, 2.24) is 4.98 Å². The van der Waals surface area contributed by atoms with E-state index in [0.717, 1.165) is 11.5 Å². The van der Waals surface area contributed by atoms with Crippen molar-refractivity contribution in [1.29, 1.82) is 0 Å². The number of anilines is 2. The van der Waals surface area contributed by atoms with Crippen molar-refractivity contribution in [2.75, 3.05) is 24.3 Å². The number of aromatic nitrogens is 1. The van der Waals surface area contributed by atoms with Crippen molar-refractivity contribution < 1.29 is 5.11 Å². The van der Waals surface area contributed by atoms with E-state index in [1.54, 1.807) is 24.4 Å². The fraction of sp³-hybridized carbons (Fsp3) is 0.214. The van der Waals surface area contributed by atoms with Gasteiger partial charge in [-0.15, -0.1) is 0 Å². The van der Waals surface area contributed by atoms with Crippen LogP contribution in [0.2, 0.25) is 5.02 Å². The zero-order chi connectivity index (χ0) is 13.8. The highest BCUT2D eigenvalue weighted by molar-refractivity contribution is 6.31. The second-order valence-electron chi connectivity index (χ2n) is 4.39. The number of benzene rings is 1. The molecule has 5 heteroatoms. The molecule has 0 radical (unpaired) electrons. The second kappa shape index (κ2) is 5.80. The van der Waals surface area contributed by atoms with E-state index >= 15 is 0 Å². The molecule has 0 aliphatic rings. The lowest BCUT2D eigenvalue weighted by Crippen LogP contribution is -2.10. The predicted octanol–water partition coefficient (Wildman–Crippen LogP) is 3.12. The molecule has 1 aromatic carbocycles. The van der Waals surface area contributed by atoms with Crippen molar-refractivity contribution in [2.24, 2.45) is 0 Å². The highest BCUT2D eigenvalue weighted by Gasteiger charge is 2.05. The van der Waals surface area contributed by atoms with Crippen LogP contribution in [0.5, 0.6) is 5.75 Å². The number of halogens is 1. The molecule has 0 unspecified atom stereocenters. The number of nitrogens with one attached hydrogen (secondary N) is 1. The standard InChI is InChI=1S/C14H16ClN3O/c1-18(2)14-7-6-10(8-17-14)16-9-11-12(15)4-3-5-13(11)19/h3-8,16,19H,9H2,1-2H3. The van der Waals surface area contributed by atoms with Crippen LogP contribution >= 0.6 is 11.6 Å². The third-order valence-corrected chi connectivity index (χ3v) is 3.12. The van der Waals surface area contributed by atoms with Crippen LogP contribution < -0.4 is 10.2 Å². The summed E-state index contributed by atoms with van der Waals surface area (Å²) in [7, 11) is 3.88. The van der Waals surface area contributed by atoms with Crippen LogP contribution in [0.4, 0.5) is 11.5 Å². The summed E-state index contributed by atoms with van der Waals surface area (Å²) in [5.41, 5.74) is 1.56. The SMILES string of the molecule is CN(C)c1ccc(NCc2c(O)cccc2Cl)cn1. The van der Waals surface area contributed by atoms with E-state index in [9.17, 15) is 5.11 Å². The summed E-state index contributed by atoms with van der Waals surface area (Å²) in [6, 6.07) is 8.96. The number of phenolic OH excluding ortho intramolecular Hbond substituents is 1. The van der Waals surface area contributed by atoms with Crippen LogP contribution in [0.1, 0.15) is 5.56 Å². The average molecular weight is 278 g/mol. The summed E-state index contributed by atoms with van der Waals surface area (Å²) in [5, 5.41) is 13.5. The number of hydrogen-bond donors (Lipinski definition) is 2. The Labute approximate surface area is 117 Å². The normalized spacial score (nSPS) is 10.3. The van der Waals surface area contributed by atoms with E-state index < -0.39 is 0 Å². The monoisotopic (exact) mass is 277 g/mol. The van der Waals surface area contributed by atoms with E-state index in [1.807, 2.05) is 31.1 Å². The Hall–Kier alpha value is -1.94. The summed E-state index contributed by atoms with van der Waals surface area (Å²) >= 11 is 6.04. The topological polar surface area (TPSA) is 48.4 Å². The third-order valence-electron chi connectivity index (χ3n) is 2.77. The maximum absolute atomic E-state index is 9.74. The highest BCUT2D eigenvalue weighted by Crippen LogP contribution is 2.26. The maximum atomic E-state index is 9.74. The van der Waals surface area contributed by atoms with Crippen LogP contribution in [-0.4, -0.2) is 24.2 Å². The molecule has 0 aliphatic carbocycles. The molecule has 0 atom stereocenters. The van der Waals surface area contributed by atoms with Gasteiger partial charge in [0.15, 0.2) is 0 Å². The van der Waals surface area contributed by atoms with Crippen molar-refractivity contribution in [2.45, 2.75) is 6.54 Å². The Morgan fingerprint density at radius 1 is 1.26 bits per heavy atom. The molecule has 100 valence electrons. The minimum absolute atomic E-state index is 0.192. The van der Waals surface area contributed by atoms with E-state index in [-0.39, 0.29) is 5.75 Å². The number of nitrogens with zero attached hydrogens (tertiary/aromatic N) is 2. The van der Waals surface area contributed by atoms with Gasteiger partial charge in [-0.25, -0.2) is 4.98 Å². The molecule has 0 aliphatic heterocycles. The quantitative estimate of drug-likeness (QED) is 0.901. The van der Waals surface area contributed by atoms with Crippen molar-refractivity contribution >= 4 is 23.1 Å². The Morgan fingerprint density at radius 3 is 2.63 bits per heavy atom. The van der Waals surface area contributed by atoms with Crippen molar-refractivity contribution in [3.05, 3.63) is 47.1 Å². The van der Waals surface area contributed by atoms with Gasteiger partial charge in [-0.05, 0) is 24.3 Å². The molecule has 0 saturated carbocycles.